The van der Waals surface area contributed by atoms with Gasteiger partial charge in [-0.2, -0.15) is 0 Å². The van der Waals surface area contributed by atoms with Gasteiger partial charge in [-0.3, -0.25) is 4.90 Å². The van der Waals surface area contributed by atoms with Crippen molar-refractivity contribution in [3.63, 3.8) is 0 Å². The van der Waals surface area contributed by atoms with E-state index in [4.69, 9.17) is 9.47 Å². The topological polar surface area (TPSA) is 21.7 Å². The van der Waals surface area contributed by atoms with E-state index < -0.39 is 0 Å². The first-order valence-corrected chi connectivity index (χ1v) is 6.79. The molecule has 3 nitrogen and oxygen atoms in total. The normalized spacial score (nSPS) is 39.6. The Morgan fingerprint density at radius 3 is 2.44 bits per heavy atom. The molecule has 1 spiro atoms. The average molecular weight is 225 g/mol. The molecule has 0 unspecified atom stereocenters. The fraction of sp³-hybridized carbons (Fsp3) is 1.00. The maximum absolute atomic E-state index is 5.78. The third-order valence-corrected chi connectivity index (χ3v) is 4.54. The van der Waals surface area contributed by atoms with E-state index in [9.17, 15) is 0 Å². The highest BCUT2D eigenvalue weighted by atomic mass is 16.7. The standard InChI is InChI=1S/C13H23NO2/c1-11-2-4-12(5-3-11)14-7-6-13(10-14)15-8-9-16-13/h11-12H,2-10H2,1H3. The second kappa shape index (κ2) is 4.28. The highest BCUT2D eigenvalue weighted by Crippen LogP contribution is 2.35. The monoisotopic (exact) mass is 225 g/mol. The second-order valence-electron chi connectivity index (χ2n) is 5.74. The molecule has 0 aromatic carbocycles. The summed E-state index contributed by atoms with van der Waals surface area (Å²) in [5.41, 5.74) is 0. The molecule has 3 aliphatic rings. The van der Waals surface area contributed by atoms with E-state index in [1.807, 2.05) is 0 Å². The molecule has 2 saturated heterocycles. The number of ether oxygens (including phenoxy) is 2. The van der Waals surface area contributed by atoms with Gasteiger partial charge in [0.2, 0.25) is 0 Å². The van der Waals surface area contributed by atoms with Gasteiger partial charge < -0.3 is 9.47 Å². The zero-order valence-electron chi connectivity index (χ0n) is 10.3. The summed E-state index contributed by atoms with van der Waals surface area (Å²) in [5, 5.41) is 0. The Balaban J connectivity index is 1.57. The maximum Gasteiger partial charge on any atom is 0.182 e. The van der Waals surface area contributed by atoms with Gasteiger partial charge in [-0.25, -0.2) is 0 Å². The van der Waals surface area contributed by atoms with E-state index in [1.54, 1.807) is 0 Å². The Kier molecular flexibility index (Phi) is 2.94. The summed E-state index contributed by atoms with van der Waals surface area (Å²) in [6.07, 6.45) is 6.61. The number of hydrogen-bond acceptors (Lipinski definition) is 3. The van der Waals surface area contributed by atoms with Crippen molar-refractivity contribution in [3.05, 3.63) is 0 Å². The molecule has 3 rings (SSSR count). The third-order valence-electron chi connectivity index (χ3n) is 4.54. The summed E-state index contributed by atoms with van der Waals surface area (Å²) in [5.74, 6) is 0.718. The van der Waals surface area contributed by atoms with Gasteiger partial charge in [0.25, 0.3) is 0 Å². The molecule has 92 valence electrons. The summed E-state index contributed by atoms with van der Waals surface area (Å²) in [6.45, 7) is 6.13. The zero-order chi connectivity index (χ0) is 11.0. The molecule has 0 bridgehead atoms. The van der Waals surface area contributed by atoms with Crippen molar-refractivity contribution < 1.29 is 9.47 Å². The van der Waals surface area contributed by atoms with Crippen LogP contribution in [0.25, 0.3) is 0 Å². The predicted molar refractivity (Wildman–Crippen MR) is 62.2 cm³/mol. The number of nitrogens with zero attached hydrogens (tertiary/aromatic N) is 1. The quantitative estimate of drug-likeness (QED) is 0.681. The Bertz CT molecular complexity index is 242. The Morgan fingerprint density at radius 2 is 1.75 bits per heavy atom. The van der Waals surface area contributed by atoms with Crippen molar-refractivity contribution in [2.75, 3.05) is 26.3 Å². The lowest BCUT2D eigenvalue weighted by Gasteiger charge is -2.34. The van der Waals surface area contributed by atoms with Crippen LogP contribution in [0.15, 0.2) is 0 Å². The lowest BCUT2D eigenvalue weighted by molar-refractivity contribution is -0.147. The summed E-state index contributed by atoms with van der Waals surface area (Å²) >= 11 is 0. The van der Waals surface area contributed by atoms with E-state index in [-0.39, 0.29) is 5.79 Å². The lowest BCUT2D eigenvalue weighted by Crippen LogP contribution is -2.40. The van der Waals surface area contributed by atoms with Gasteiger partial charge in [0.05, 0.1) is 19.8 Å². The summed E-state index contributed by atoms with van der Waals surface area (Å²) in [4.78, 5) is 2.61. The van der Waals surface area contributed by atoms with Gasteiger partial charge in [-0.15, -0.1) is 0 Å². The molecule has 3 heteroatoms. The van der Waals surface area contributed by atoms with Crippen LogP contribution in [0.5, 0.6) is 0 Å². The smallest absolute Gasteiger partial charge is 0.182 e. The molecular formula is C13H23NO2. The van der Waals surface area contributed by atoms with Crippen molar-refractivity contribution in [2.24, 2.45) is 5.92 Å². The highest BCUT2D eigenvalue weighted by Gasteiger charge is 2.45. The van der Waals surface area contributed by atoms with E-state index in [1.165, 1.54) is 32.2 Å². The highest BCUT2D eigenvalue weighted by molar-refractivity contribution is 4.91. The Morgan fingerprint density at radius 1 is 1.06 bits per heavy atom. The van der Waals surface area contributed by atoms with Crippen molar-refractivity contribution >= 4 is 0 Å². The summed E-state index contributed by atoms with van der Waals surface area (Å²) < 4.78 is 11.6. The van der Waals surface area contributed by atoms with Crippen LogP contribution < -0.4 is 0 Å². The first-order valence-electron chi connectivity index (χ1n) is 6.79. The first kappa shape index (κ1) is 11.0. The van der Waals surface area contributed by atoms with Gasteiger partial charge in [0.15, 0.2) is 5.79 Å². The molecule has 1 aliphatic carbocycles. The number of hydrogen-bond donors (Lipinski definition) is 0. The van der Waals surface area contributed by atoms with Crippen LogP contribution in [0.1, 0.15) is 39.0 Å². The molecule has 3 fully saturated rings. The van der Waals surface area contributed by atoms with Crippen molar-refractivity contribution in [1.29, 1.82) is 0 Å². The molecule has 1 saturated carbocycles. The summed E-state index contributed by atoms with van der Waals surface area (Å²) in [7, 11) is 0. The molecule has 16 heavy (non-hydrogen) atoms. The van der Waals surface area contributed by atoms with E-state index in [0.29, 0.717) is 0 Å². The first-order chi connectivity index (χ1) is 7.77. The molecule has 0 radical (unpaired) electrons. The van der Waals surface area contributed by atoms with Gasteiger partial charge in [0, 0.05) is 19.0 Å². The molecule has 0 aromatic heterocycles. The minimum Gasteiger partial charge on any atom is -0.346 e. The van der Waals surface area contributed by atoms with Gasteiger partial charge in [0.1, 0.15) is 0 Å². The fourth-order valence-electron chi connectivity index (χ4n) is 3.43. The van der Waals surface area contributed by atoms with Crippen LogP contribution in [-0.4, -0.2) is 43.0 Å². The maximum atomic E-state index is 5.78. The second-order valence-corrected chi connectivity index (χ2v) is 5.74. The van der Waals surface area contributed by atoms with Gasteiger partial charge >= 0.3 is 0 Å². The average Bonchev–Trinajstić information content (AvgIpc) is 2.91. The Hall–Kier alpha value is -0.120. The molecule has 0 aromatic rings. The molecular weight excluding hydrogens is 202 g/mol. The molecule has 0 atom stereocenters. The van der Waals surface area contributed by atoms with Crippen LogP contribution in [0, 0.1) is 5.92 Å². The van der Waals surface area contributed by atoms with Crippen molar-refractivity contribution in [1.82, 2.24) is 4.90 Å². The number of rotatable bonds is 1. The lowest BCUT2D eigenvalue weighted by atomic mass is 9.87. The third kappa shape index (κ3) is 2.01. The minimum absolute atomic E-state index is 0.219. The van der Waals surface area contributed by atoms with Crippen LogP contribution in [0.4, 0.5) is 0 Å². The SMILES string of the molecule is CC1CCC(N2CCC3(C2)OCCO3)CC1. The molecule has 0 N–H and O–H groups in total. The van der Waals surface area contributed by atoms with Crippen LogP contribution in [0.3, 0.4) is 0 Å². The Labute approximate surface area is 98.1 Å². The molecule has 2 heterocycles. The van der Waals surface area contributed by atoms with Gasteiger partial charge in [-0.1, -0.05) is 6.92 Å². The van der Waals surface area contributed by atoms with Crippen molar-refractivity contribution in [3.8, 4) is 0 Å². The van der Waals surface area contributed by atoms with Crippen LogP contribution in [0.2, 0.25) is 0 Å². The van der Waals surface area contributed by atoms with Gasteiger partial charge in [-0.05, 0) is 31.6 Å². The van der Waals surface area contributed by atoms with Crippen molar-refractivity contribution in [2.45, 2.75) is 50.9 Å². The fourth-order valence-corrected chi connectivity index (χ4v) is 3.43. The van der Waals surface area contributed by atoms with E-state index in [0.717, 1.165) is 38.1 Å². The van der Waals surface area contributed by atoms with E-state index in [2.05, 4.69) is 11.8 Å². The predicted octanol–water partition coefficient (Wildman–Crippen LogP) is 2.01. The van der Waals surface area contributed by atoms with E-state index >= 15 is 0 Å². The molecule has 2 aliphatic heterocycles. The largest absolute Gasteiger partial charge is 0.346 e. The van der Waals surface area contributed by atoms with Crippen LogP contribution >= 0.6 is 0 Å². The zero-order valence-corrected chi connectivity index (χ0v) is 10.3. The molecule has 0 amide bonds. The summed E-state index contributed by atoms with van der Waals surface area (Å²) in [6, 6.07) is 0.795. The minimum atomic E-state index is -0.219. The number of likely N-dealkylation sites (tertiary alicyclic amines) is 1. The van der Waals surface area contributed by atoms with Crippen LogP contribution in [-0.2, 0) is 9.47 Å².